The maximum Gasteiger partial charge on any atom is 0.433 e. The van der Waals surface area contributed by atoms with Crippen LogP contribution in [0.3, 0.4) is 0 Å². The third-order valence-electron chi connectivity index (χ3n) is 4.71. The molecule has 1 saturated carbocycles. The topological polar surface area (TPSA) is 108 Å². The molecule has 0 radical (unpaired) electrons. The van der Waals surface area contributed by atoms with Crippen LogP contribution in [0.25, 0.3) is 17.6 Å². The van der Waals surface area contributed by atoms with Gasteiger partial charge in [0.15, 0.2) is 5.82 Å². The number of halogens is 3. The number of imide groups is 1. The molecule has 2 aromatic heterocycles. The van der Waals surface area contributed by atoms with Gasteiger partial charge in [-0.2, -0.15) is 18.4 Å². The van der Waals surface area contributed by atoms with E-state index in [0.717, 1.165) is 33.4 Å². The molecule has 0 spiro atoms. The smallest absolute Gasteiger partial charge is 0.273 e. The summed E-state index contributed by atoms with van der Waals surface area (Å²) >= 11 is 0. The van der Waals surface area contributed by atoms with Crippen molar-refractivity contribution in [2.75, 3.05) is 13.6 Å². The zero-order valence-electron chi connectivity index (χ0n) is 15.6. The average Bonchev–Trinajstić information content (AvgIpc) is 3.42. The van der Waals surface area contributed by atoms with Crippen LogP contribution in [0.15, 0.2) is 24.2 Å². The van der Waals surface area contributed by atoms with Gasteiger partial charge in [0.1, 0.15) is 24.3 Å². The van der Waals surface area contributed by atoms with E-state index >= 15 is 0 Å². The Morgan fingerprint density at radius 3 is 2.67 bits per heavy atom. The first kappa shape index (κ1) is 19.6. The molecule has 2 fully saturated rings. The number of hydrogen-bond acceptors (Lipinski definition) is 6. The molecule has 0 atom stereocenters. The van der Waals surface area contributed by atoms with Gasteiger partial charge in [0.25, 0.3) is 5.91 Å². The summed E-state index contributed by atoms with van der Waals surface area (Å²) in [5.74, 6) is -0.627. The molecule has 1 aliphatic heterocycles. The number of alkyl halides is 3. The van der Waals surface area contributed by atoms with Crippen molar-refractivity contribution < 1.29 is 22.8 Å². The lowest BCUT2D eigenvalue weighted by Crippen LogP contribution is -2.29. The number of amides is 3. The molecular weight excluding hydrogens is 403 g/mol. The second kappa shape index (κ2) is 6.94. The van der Waals surface area contributed by atoms with Crippen LogP contribution in [0.2, 0.25) is 0 Å². The van der Waals surface area contributed by atoms with Crippen molar-refractivity contribution in [2.24, 2.45) is 0 Å². The SMILES string of the molecule is CN1C(=O)/C(=C/n2cnc(-c3cc(C4CC4)nc(C(F)(F)F)c3)n2)N(CC#N)C1=O. The van der Waals surface area contributed by atoms with Crippen molar-refractivity contribution >= 4 is 18.1 Å². The minimum Gasteiger partial charge on any atom is -0.273 e. The number of pyridine rings is 1. The molecule has 4 rings (SSSR count). The molecule has 3 heterocycles. The van der Waals surface area contributed by atoms with Gasteiger partial charge in [0.05, 0.1) is 12.3 Å². The minimum absolute atomic E-state index is 0.00699. The van der Waals surface area contributed by atoms with Crippen LogP contribution >= 0.6 is 0 Å². The Kier molecular flexibility index (Phi) is 4.53. The van der Waals surface area contributed by atoms with Crippen molar-refractivity contribution in [3.63, 3.8) is 0 Å². The number of hydrogen-bond donors (Lipinski definition) is 0. The Morgan fingerprint density at radius 2 is 2.03 bits per heavy atom. The summed E-state index contributed by atoms with van der Waals surface area (Å²) in [7, 11) is 1.28. The Hall–Kier alpha value is -3.75. The van der Waals surface area contributed by atoms with Gasteiger partial charge in [-0.05, 0) is 25.0 Å². The predicted molar refractivity (Wildman–Crippen MR) is 95.0 cm³/mol. The molecule has 154 valence electrons. The van der Waals surface area contributed by atoms with Crippen molar-refractivity contribution in [3.8, 4) is 17.5 Å². The van der Waals surface area contributed by atoms with E-state index in [0.29, 0.717) is 5.69 Å². The van der Waals surface area contributed by atoms with Crippen molar-refractivity contribution in [2.45, 2.75) is 24.9 Å². The van der Waals surface area contributed by atoms with Gasteiger partial charge in [-0.1, -0.05) is 0 Å². The normalized spacial score (nSPS) is 18.4. The Morgan fingerprint density at radius 1 is 1.30 bits per heavy atom. The standard InChI is InChI=1S/C18H14F3N7O2/c1-26-16(29)13(28(5-4-22)17(26)30)8-27-9-23-15(25-27)11-6-12(10-2-3-10)24-14(7-11)18(19,20)21/h6-10H,2-3,5H2,1H3/b13-8-. The van der Waals surface area contributed by atoms with Gasteiger partial charge >= 0.3 is 12.2 Å². The molecule has 3 amide bonds. The van der Waals surface area contributed by atoms with Crippen LogP contribution in [0.1, 0.15) is 30.1 Å². The highest BCUT2D eigenvalue weighted by atomic mass is 19.4. The van der Waals surface area contributed by atoms with E-state index in [1.807, 2.05) is 0 Å². The maximum absolute atomic E-state index is 13.2. The first-order valence-corrected chi connectivity index (χ1v) is 8.88. The summed E-state index contributed by atoms with van der Waals surface area (Å²) in [4.78, 5) is 33.9. The molecule has 12 heteroatoms. The van der Waals surface area contributed by atoms with Gasteiger partial charge < -0.3 is 0 Å². The lowest BCUT2D eigenvalue weighted by atomic mass is 10.1. The van der Waals surface area contributed by atoms with Gasteiger partial charge in [-0.25, -0.2) is 19.4 Å². The van der Waals surface area contributed by atoms with E-state index in [2.05, 4.69) is 15.1 Å². The minimum atomic E-state index is -4.61. The zero-order valence-corrected chi connectivity index (χ0v) is 15.6. The fourth-order valence-corrected chi connectivity index (χ4v) is 3.02. The predicted octanol–water partition coefficient (Wildman–Crippen LogP) is 2.45. The van der Waals surface area contributed by atoms with E-state index < -0.39 is 23.8 Å². The van der Waals surface area contributed by atoms with Gasteiger partial charge in [0.2, 0.25) is 0 Å². The highest BCUT2D eigenvalue weighted by Gasteiger charge is 2.39. The summed E-state index contributed by atoms with van der Waals surface area (Å²) in [5, 5.41) is 13.0. The second-order valence-corrected chi connectivity index (χ2v) is 6.89. The molecule has 0 aromatic carbocycles. The monoisotopic (exact) mass is 417 g/mol. The molecule has 0 N–H and O–H groups in total. The number of aromatic nitrogens is 4. The largest absolute Gasteiger partial charge is 0.433 e. The number of carbonyl (C=O) groups excluding carboxylic acids is 2. The molecular formula is C18H14F3N7O2. The Labute approximate surface area is 168 Å². The quantitative estimate of drug-likeness (QED) is 0.430. The molecule has 0 unspecified atom stereocenters. The third-order valence-corrected chi connectivity index (χ3v) is 4.71. The van der Waals surface area contributed by atoms with E-state index in [4.69, 9.17) is 5.26 Å². The maximum atomic E-state index is 13.2. The Bertz CT molecular complexity index is 1110. The lowest BCUT2D eigenvalue weighted by molar-refractivity contribution is -0.141. The van der Waals surface area contributed by atoms with E-state index in [1.54, 1.807) is 6.07 Å². The lowest BCUT2D eigenvalue weighted by Gasteiger charge is -2.10. The van der Waals surface area contributed by atoms with Crippen LogP contribution in [0.4, 0.5) is 18.0 Å². The zero-order chi connectivity index (χ0) is 21.6. The number of rotatable bonds is 4. The van der Waals surface area contributed by atoms with E-state index in [-0.39, 0.29) is 29.5 Å². The van der Waals surface area contributed by atoms with E-state index in [9.17, 15) is 22.8 Å². The summed E-state index contributed by atoms with van der Waals surface area (Å²) in [6, 6.07) is 3.54. The molecule has 0 bridgehead atoms. The third kappa shape index (κ3) is 3.49. The summed E-state index contributed by atoms with van der Waals surface area (Å²) < 4.78 is 40.8. The van der Waals surface area contributed by atoms with Crippen molar-refractivity contribution in [1.82, 2.24) is 29.5 Å². The molecule has 9 nitrogen and oxygen atoms in total. The number of nitriles is 1. The van der Waals surface area contributed by atoms with Crippen LogP contribution in [0, 0.1) is 11.3 Å². The van der Waals surface area contributed by atoms with E-state index in [1.165, 1.54) is 25.6 Å². The molecule has 2 aliphatic rings. The summed E-state index contributed by atoms with van der Waals surface area (Å²) in [6.45, 7) is -0.341. The molecule has 1 aliphatic carbocycles. The van der Waals surface area contributed by atoms with Crippen LogP contribution < -0.4 is 0 Å². The van der Waals surface area contributed by atoms with Crippen LogP contribution in [-0.2, 0) is 11.0 Å². The fraction of sp³-hybridized carbons (Fsp3) is 0.333. The molecule has 1 saturated heterocycles. The van der Waals surface area contributed by atoms with Gasteiger partial charge in [-0.15, -0.1) is 5.10 Å². The highest BCUT2D eigenvalue weighted by Crippen LogP contribution is 2.41. The first-order valence-electron chi connectivity index (χ1n) is 8.88. The van der Waals surface area contributed by atoms with Gasteiger partial charge in [0, 0.05) is 24.2 Å². The number of likely N-dealkylation sites (N-methyl/N-ethyl adjacent to an activating group) is 1. The summed E-state index contributed by atoms with van der Waals surface area (Å²) in [6.07, 6.45) is -0.651. The number of nitrogens with zero attached hydrogens (tertiary/aromatic N) is 7. The van der Waals surface area contributed by atoms with Crippen molar-refractivity contribution in [3.05, 3.63) is 35.5 Å². The Balaban J connectivity index is 1.70. The first-order chi connectivity index (χ1) is 14.2. The van der Waals surface area contributed by atoms with Crippen molar-refractivity contribution in [1.29, 1.82) is 5.26 Å². The highest BCUT2D eigenvalue weighted by molar-refractivity contribution is 6.13. The average molecular weight is 417 g/mol. The molecule has 2 aromatic rings. The second-order valence-electron chi connectivity index (χ2n) is 6.89. The fourth-order valence-electron chi connectivity index (χ4n) is 3.02. The number of carbonyl (C=O) groups is 2. The summed E-state index contributed by atoms with van der Waals surface area (Å²) in [5.41, 5.74) is -0.621. The number of urea groups is 1. The van der Waals surface area contributed by atoms with Crippen LogP contribution in [-0.4, -0.2) is 55.1 Å². The van der Waals surface area contributed by atoms with Gasteiger partial charge in [-0.3, -0.25) is 14.6 Å². The molecule has 30 heavy (non-hydrogen) atoms. The van der Waals surface area contributed by atoms with Crippen LogP contribution in [0.5, 0.6) is 0 Å².